The average Bonchev–Trinajstić information content (AvgIpc) is 2.33. The molecule has 1 amide bonds. The summed E-state index contributed by atoms with van der Waals surface area (Å²) < 4.78 is 1.05. The predicted molar refractivity (Wildman–Crippen MR) is 74.8 cm³/mol. The standard InChI is InChI=1S/C12H16INO3/c1-8-9(13)4-3-5-10(8)14-11(17)12(2,6-15)7-16/h3-5,15-16H,6-7H2,1-2H3,(H,14,17). The van der Waals surface area contributed by atoms with Gasteiger partial charge < -0.3 is 15.5 Å². The van der Waals surface area contributed by atoms with Crippen LogP contribution < -0.4 is 5.32 Å². The summed E-state index contributed by atoms with van der Waals surface area (Å²) in [6, 6.07) is 5.59. The number of amides is 1. The van der Waals surface area contributed by atoms with Crippen LogP contribution in [0.2, 0.25) is 0 Å². The second-order valence-corrected chi connectivity index (χ2v) is 5.41. The van der Waals surface area contributed by atoms with E-state index in [1.165, 1.54) is 6.92 Å². The van der Waals surface area contributed by atoms with Crippen molar-refractivity contribution in [3.63, 3.8) is 0 Å². The molecule has 0 unspecified atom stereocenters. The monoisotopic (exact) mass is 349 g/mol. The quantitative estimate of drug-likeness (QED) is 0.722. The smallest absolute Gasteiger partial charge is 0.234 e. The highest BCUT2D eigenvalue weighted by atomic mass is 127. The number of nitrogens with one attached hydrogen (secondary N) is 1. The van der Waals surface area contributed by atoms with E-state index < -0.39 is 18.6 Å². The summed E-state index contributed by atoms with van der Waals surface area (Å²) in [6.07, 6.45) is 0. The Labute approximate surface area is 114 Å². The fourth-order valence-corrected chi connectivity index (χ4v) is 1.71. The highest BCUT2D eigenvalue weighted by Crippen LogP contribution is 2.23. The lowest BCUT2D eigenvalue weighted by Gasteiger charge is -2.24. The zero-order valence-corrected chi connectivity index (χ0v) is 12.0. The largest absolute Gasteiger partial charge is 0.395 e. The lowest BCUT2D eigenvalue weighted by Crippen LogP contribution is -2.40. The SMILES string of the molecule is Cc1c(I)cccc1NC(=O)C(C)(CO)CO. The molecule has 0 aromatic heterocycles. The van der Waals surface area contributed by atoms with Crippen molar-refractivity contribution in [3.8, 4) is 0 Å². The molecule has 0 aliphatic heterocycles. The number of rotatable bonds is 4. The van der Waals surface area contributed by atoms with Gasteiger partial charge in [0.2, 0.25) is 5.91 Å². The van der Waals surface area contributed by atoms with Crippen LogP contribution in [0.5, 0.6) is 0 Å². The number of anilines is 1. The number of aliphatic hydroxyl groups excluding tert-OH is 2. The van der Waals surface area contributed by atoms with Gasteiger partial charge in [0.25, 0.3) is 0 Å². The molecule has 94 valence electrons. The van der Waals surface area contributed by atoms with Gasteiger partial charge in [0, 0.05) is 9.26 Å². The summed E-state index contributed by atoms with van der Waals surface area (Å²) in [7, 11) is 0. The first-order chi connectivity index (χ1) is 7.94. The van der Waals surface area contributed by atoms with Crippen LogP contribution in [0, 0.1) is 15.9 Å². The second-order valence-electron chi connectivity index (χ2n) is 4.24. The van der Waals surface area contributed by atoms with E-state index in [0.29, 0.717) is 5.69 Å². The summed E-state index contributed by atoms with van der Waals surface area (Å²) in [5, 5.41) is 21.0. The van der Waals surface area contributed by atoms with E-state index in [-0.39, 0.29) is 5.91 Å². The minimum Gasteiger partial charge on any atom is -0.395 e. The minimum atomic E-state index is -1.16. The third kappa shape index (κ3) is 3.17. The number of carbonyl (C=O) groups is 1. The molecule has 3 N–H and O–H groups in total. The first kappa shape index (κ1) is 14.4. The van der Waals surface area contributed by atoms with Crippen LogP contribution in [-0.4, -0.2) is 29.3 Å². The normalized spacial score (nSPS) is 11.4. The number of halogens is 1. The maximum atomic E-state index is 11.9. The molecule has 0 atom stereocenters. The van der Waals surface area contributed by atoms with Crippen LogP contribution in [-0.2, 0) is 4.79 Å². The molecule has 0 saturated carbocycles. The Morgan fingerprint density at radius 1 is 1.41 bits per heavy atom. The molecule has 0 radical (unpaired) electrons. The van der Waals surface area contributed by atoms with Crippen molar-refractivity contribution in [2.45, 2.75) is 13.8 Å². The number of hydrogen-bond acceptors (Lipinski definition) is 3. The summed E-state index contributed by atoms with van der Waals surface area (Å²) in [6.45, 7) is 2.65. The molecular formula is C12H16INO3. The summed E-state index contributed by atoms with van der Waals surface area (Å²) in [5.74, 6) is -0.382. The number of carbonyl (C=O) groups excluding carboxylic acids is 1. The molecule has 0 aliphatic carbocycles. The van der Waals surface area contributed by atoms with Crippen molar-refractivity contribution >= 4 is 34.2 Å². The summed E-state index contributed by atoms with van der Waals surface area (Å²) >= 11 is 2.19. The van der Waals surface area contributed by atoms with Crippen LogP contribution in [0.3, 0.4) is 0 Å². The lowest BCUT2D eigenvalue weighted by molar-refractivity contribution is -0.129. The Morgan fingerprint density at radius 2 is 2.00 bits per heavy atom. The highest BCUT2D eigenvalue weighted by Gasteiger charge is 2.32. The first-order valence-corrected chi connectivity index (χ1v) is 6.31. The maximum absolute atomic E-state index is 11.9. The predicted octanol–water partition coefficient (Wildman–Crippen LogP) is 1.53. The molecule has 4 nitrogen and oxygen atoms in total. The molecule has 0 bridgehead atoms. The molecule has 0 fully saturated rings. The van der Waals surface area contributed by atoms with E-state index in [9.17, 15) is 4.79 Å². The van der Waals surface area contributed by atoms with Gasteiger partial charge >= 0.3 is 0 Å². The summed E-state index contributed by atoms with van der Waals surface area (Å²) in [4.78, 5) is 11.9. The van der Waals surface area contributed by atoms with Crippen LogP contribution in [0.4, 0.5) is 5.69 Å². The Hall–Kier alpha value is -0.660. The van der Waals surface area contributed by atoms with E-state index in [2.05, 4.69) is 27.9 Å². The molecule has 0 spiro atoms. The van der Waals surface area contributed by atoms with Crippen molar-refractivity contribution < 1.29 is 15.0 Å². The van der Waals surface area contributed by atoms with E-state index in [4.69, 9.17) is 10.2 Å². The highest BCUT2D eigenvalue weighted by molar-refractivity contribution is 14.1. The zero-order chi connectivity index (χ0) is 13.1. The third-order valence-corrected chi connectivity index (χ3v) is 3.93. The van der Waals surface area contributed by atoms with Crippen molar-refractivity contribution in [3.05, 3.63) is 27.3 Å². The van der Waals surface area contributed by atoms with Gasteiger partial charge in [0.1, 0.15) is 0 Å². The van der Waals surface area contributed by atoms with Crippen molar-refractivity contribution in [2.75, 3.05) is 18.5 Å². The number of hydrogen-bond donors (Lipinski definition) is 3. The van der Waals surface area contributed by atoms with Crippen LogP contribution in [0.15, 0.2) is 18.2 Å². The van der Waals surface area contributed by atoms with Crippen LogP contribution in [0.1, 0.15) is 12.5 Å². The summed E-state index contributed by atoms with van der Waals surface area (Å²) in [5.41, 5.74) is 0.517. The van der Waals surface area contributed by atoms with Gasteiger partial charge in [-0.25, -0.2) is 0 Å². The molecule has 1 aromatic carbocycles. The topological polar surface area (TPSA) is 69.6 Å². The van der Waals surface area contributed by atoms with E-state index in [0.717, 1.165) is 9.13 Å². The Morgan fingerprint density at radius 3 is 2.53 bits per heavy atom. The van der Waals surface area contributed by atoms with Gasteiger partial charge in [-0.3, -0.25) is 4.79 Å². The number of aliphatic hydroxyl groups is 2. The van der Waals surface area contributed by atoms with E-state index in [1.54, 1.807) is 6.07 Å². The fraction of sp³-hybridized carbons (Fsp3) is 0.417. The molecule has 1 aromatic rings. The number of benzene rings is 1. The Bertz CT molecular complexity index is 416. The van der Waals surface area contributed by atoms with Gasteiger partial charge in [-0.15, -0.1) is 0 Å². The van der Waals surface area contributed by atoms with Gasteiger partial charge in [0.05, 0.1) is 18.6 Å². The Balaban J connectivity index is 2.92. The maximum Gasteiger partial charge on any atom is 0.234 e. The van der Waals surface area contributed by atoms with Crippen LogP contribution >= 0.6 is 22.6 Å². The van der Waals surface area contributed by atoms with Crippen molar-refractivity contribution in [2.24, 2.45) is 5.41 Å². The van der Waals surface area contributed by atoms with Crippen LogP contribution in [0.25, 0.3) is 0 Å². The molecule has 0 saturated heterocycles. The molecular weight excluding hydrogens is 333 g/mol. The average molecular weight is 349 g/mol. The second kappa shape index (κ2) is 5.79. The van der Waals surface area contributed by atoms with Crippen molar-refractivity contribution in [1.29, 1.82) is 0 Å². The molecule has 0 heterocycles. The van der Waals surface area contributed by atoms with E-state index in [1.807, 2.05) is 19.1 Å². The van der Waals surface area contributed by atoms with Crippen molar-refractivity contribution in [1.82, 2.24) is 0 Å². The van der Waals surface area contributed by atoms with Gasteiger partial charge in [-0.1, -0.05) is 6.07 Å². The Kier molecular flexibility index (Phi) is 4.91. The van der Waals surface area contributed by atoms with Gasteiger partial charge in [-0.05, 0) is 54.1 Å². The lowest BCUT2D eigenvalue weighted by atomic mass is 9.91. The first-order valence-electron chi connectivity index (χ1n) is 5.23. The fourth-order valence-electron chi connectivity index (χ4n) is 1.21. The molecule has 17 heavy (non-hydrogen) atoms. The molecule has 5 heteroatoms. The van der Waals surface area contributed by atoms with Gasteiger partial charge in [0.15, 0.2) is 0 Å². The molecule has 1 rings (SSSR count). The van der Waals surface area contributed by atoms with E-state index >= 15 is 0 Å². The molecule has 0 aliphatic rings. The van der Waals surface area contributed by atoms with Gasteiger partial charge in [-0.2, -0.15) is 0 Å². The third-order valence-electron chi connectivity index (χ3n) is 2.76. The minimum absolute atomic E-state index is 0.382. The zero-order valence-electron chi connectivity index (χ0n) is 9.83.